The van der Waals surface area contributed by atoms with Gasteiger partial charge >= 0.3 is 0 Å². The Bertz CT molecular complexity index is 712. The highest BCUT2D eigenvalue weighted by Crippen LogP contribution is 2.23. The van der Waals surface area contributed by atoms with Gasteiger partial charge in [-0.1, -0.05) is 29.5 Å². The normalized spacial score (nSPS) is 9.90. The number of benzene rings is 1. The van der Waals surface area contributed by atoms with Crippen molar-refractivity contribution in [3.63, 3.8) is 0 Å². The topological polar surface area (TPSA) is 49.3 Å². The predicted octanol–water partition coefficient (Wildman–Crippen LogP) is 3.27. The third-order valence-corrected chi connectivity index (χ3v) is 3.91. The molecule has 0 aliphatic carbocycles. The molecule has 0 spiro atoms. The van der Waals surface area contributed by atoms with Crippen LogP contribution in [0, 0.1) is 32.6 Å². The Hall–Kier alpha value is -2.09. The highest BCUT2D eigenvalue weighted by molar-refractivity contribution is 7.10. The maximum atomic E-state index is 12.3. The molecule has 2 aromatic rings. The van der Waals surface area contributed by atoms with Crippen LogP contribution in [0.2, 0.25) is 0 Å². The highest BCUT2D eigenvalue weighted by atomic mass is 32.1. The first kappa shape index (κ1) is 15.3. The number of aliphatic hydroxyl groups is 1. The minimum Gasteiger partial charge on any atom is -0.384 e. The average molecular weight is 299 g/mol. The van der Waals surface area contributed by atoms with Crippen LogP contribution in [0.25, 0.3) is 0 Å². The van der Waals surface area contributed by atoms with E-state index in [-0.39, 0.29) is 12.5 Å². The van der Waals surface area contributed by atoms with Gasteiger partial charge in [0.15, 0.2) is 0 Å². The van der Waals surface area contributed by atoms with E-state index >= 15 is 0 Å². The third-order valence-electron chi connectivity index (χ3n) is 3.07. The number of hydrogen-bond acceptors (Lipinski definition) is 3. The van der Waals surface area contributed by atoms with Gasteiger partial charge in [0.2, 0.25) is 0 Å². The van der Waals surface area contributed by atoms with Crippen LogP contribution in [0.3, 0.4) is 0 Å². The summed E-state index contributed by atoms with van der Waals surface area (Å²) in [5, 5.41) is 13.4. The Balaban J connectivity index is 2.20. The summed E-state index contributed by atoms with van der Waals surface area (Å²) in [6.45, 7) is 5.83. The summed E-state index contributed by atoms with van der Waals surface area (Å²) in [6.07, 6.45) is 0. The number of thiophene rings is 1. The van der Waals surface area contributed by atoms with E-state index in [1.165, 1.54) is 16.9 Å². The van der Waals surface area contributed by atoms with Crippen molar-refractivity contribution in [2.45, 2.75) is 20.8 Å². The van der Waals surface area contributed by atoms with E-state index in [4.69, 9.17) is 5.11 Å². The van der Waals surface area contributed by atoms with Gasteiger partial charge < -0.3 is 10.4 Å². The molecular weight excluding hydrogens is 282 g/mol. The van der Waals surface area contributed by atoms with Gasteiger partial charge in [-0.25, -0.2) is 0 Å². The molecule has 0 fully saturated rings. The summed E-state index contributed by atoms with van der Waals surface area (Å²) >= 11 is 1.39. The van der Waals surface area contributed by atoms with Gasteiger partial charge in [-0.2, -0.15) is 0 Å². The van der Waals surface area contributed by atoms with E-state index in [0.717, 1.165) is 21.7 Å². The molecule has 1 aromatic carbocycles. The number of anilines is 1. The Morgan fingerprint density at radius 3 is 2.52 bits per heavy atom. The lowest BCUT2D eigenvalue weighted by Gasteiger charge is -2.12. The molecule has 0 unspecified atom stereocenters. The summed E-state index contributed by atoms with van der Waals surface area (Å²) in [6, 6.07) is 5.84. The van der Waals surface area contributed by atoms with Gasteiger partial charge in [0.25, 0.3) is 5.91 Å². The first-order chi connectivity index (χ1) is 10.0. The van der Waals surface area contributed by atoms with Gasteiger partial charge in [-0.3, -0.25) is 4.79 Å². The van der Waals surface area contributed by atoms with E-state index < -0.39 is 0 Å². The highest BCUT2D eigenvalue weighted by Gasteiger charge is 2.11. The van der Waals surface area contributed by atoms with Gasteiger partial charge in [0.05, 0.1) is 10.4 Å². The van der Waals surface area contributed by atoms with Crippen LogP contribution in [-0.2, 0) is 0 Å². The fourth-order valence-corrected chi connectivity index (χ4v) is 2.97. The number of hydrogen-bond donors (Lipinski definition) is 2. The number of rotatable bonds is 2. The average Bonchev–Trinajstić information content (AvgIpc) is 2.89. The smallest absolute Gasteiger partial charge is 0.256 e. The Morgan fingerprint density at radius 2 is 1.90 bits per heavy atom. The van der Waals surface area contributed by atoms with E-state index in [1.807, 2.05) is 32.9 Å². The number of nitrogens with one attached hydrogen (secondary N) is 1. The Labute approximate surface area is 128 Å². The number of amides is 1. The van der Waals surface area contributed by atoms with Crippen molar-refractivity contribution in [3.8, 4) is 11.8 Å². The van der Waals surface area contributed by atoms with Crippen LogP contribution < -0.4 is 5.32 Å². The zero-order valence-electron chi connectivity index (χ0n) is 12.3. The van der Waals surface area contributed by atoms with Crippen LogP contribution in [-0.4, -0.2) is 17.6 Å². The molecular formula is C17H17NO2S. The fourth-order valence-electron chi connectivity index (χ4n) is 2.21. The zero-order valence-corrected chi connectivity index (χ0v) is 13.1. The van der Waals surface area contributed by atoms with Crippen molar-refractivity contribution >= 4 is 22.9 Å². The molecule has 3 nitrogen and oxygen atoms in total. The van der Waals surface area contributed by atoms with Crippen molar-refractivity contribution in [3.05, 3.63) is 50.7 Å². The largest absolute Gasteiger partial charge is 0.384 e. The van der Waals surface area contributed by atoms with E-state index in [0.29, 0.717) is 5.56 Å². The van der Waals surface area contributed by atoms with Gasteiger partial charge in [0.1, 0.15) is 6.61 Å². The minimum absolute atomic E-state index is 0.140. The van der Waals surface area contributed by atoms with E-state index in [1.54, 1.807) is 11.4 Å². The summed E-state index contributed by atoms with van der Waals surface area (Å²) in [5.41, 5.74) is 4.73. The molecule has 1 heterocycles. The first-order valence-corrected chi connectivity index (χ1v) is 7.46. The predicted molar refractivity (Wildman–Crippen MR) is 86.9 cm³/mol. The monoisotopic (exact) mass is 299 g/mol. The lowest BCUT2D eigenvalue weighted by molar-refractivity contribution is 0.102. The first-order valence-electron chi connectivity index (χ1n) is 6.58. The molecule has 4 heteroatoms. The Kier molecular flexibility index (Phi) is 4.79. The number of aliphatic hydroxyl groups excluding tert-OH is 1. The Morgan fingerprint density at radius 1 is 1.24 bits per heavy atom. The lowest BCUT2D eigenvalue weighted by atomic mass is 10.0. The third kappa shape index (κ3) is 3.72. The van der Waals surface area contributed by atoms with E-state index in [2.05, 4.69) is 17.2 Å². The van der Waals surface area contributed by atoms with Crippen LogP contribution in [0.4, 0.5) is 5.69 Å². The van der Waals surface area contributed by atoms with Crippen LogP contribution in [0.5, 0.6) is 0 Å². The molecule has 1 aromatic heterocycles. The molecule has 0 saturated carbocycles. The molecule has 0 aliphatic heterocycles. The summed E-state index contributed by atoms with van der Waals surface area (Å²) < 4.78 is 0. The van der Waals surface area contributed by atoms with Crippen LogP contribution in [0.1, 0.15) is 31.9 Å². The standard InChI is InChI=1S/C17H17NO2S/c1-11-7-12(2)16(13(3)8-11)18-17(20)14-9-15(21-10-14)5-4-6-19/h7-10,19H,6H2,1-3H3,(H,18,20). The molecule has 0 radical (unpaired) electrons. The van der Waals surface area contributed by atoms with Gasteiger partial charge in [-0.05, 0) is 38.0 Å². The van der Waals surface area contributed by atoms with Crippen molar-refractivity contribution in [1.82, 2.24) is 0 Å². The maximum absolute atomic E-state index is 12.3. The van der Waals surface area contributed by atoms with E-state index in [9.17, 15) is 4.79 Å². The fraction of sp³-hybridized carbons (Fsp3) is 0.235. The molecule has 21 heavy (non-hydrogen) atoms. The molecule has 0 bridgehead atoms. The number of carbonyl (C=O) groups is 1. The molecule has 1 amide bonds. The second kappa shape index (κ2) is 6.57. The number of carbonyl (C=O) groups excluding carboxylic acids is 1. The minimum atomic E-state index is -0.179. The van der Waals surface area contributed by atoms with Crippen molar-refractivity contribution in [2.75, 3.05) is 11.9 Å². The number of aryl methyl sites for hydroxylation is 3. The van der Waals surface area contributed by atoms with Crippen LogP contribution in [0.15, 0.2) is 23.6 Å². The molecule has 0 saturated heterocycles. The van der Waals surface area contributed by atoms with Crippen LogP contribution >= 0.6 is 11.3 Å². The van der Waals surface area contributed by atoms with Gasteiger partial charge in [-0.15, -0.1) is 11.3 Å². The second-order valence-electron chi connectivity index (χ2n) is 4.89. The molecule has 2 rings (SSSR count). The van der Waals surface area contributed by atoms with Crippen molar-refractivity contribution in [1.29, 1.82) is 0 Å². The summed E-state index contributed by atoms with van der Waals surface area (Å²) in [5.74, 6) is 5.24. The van der Waals surface area contributed by atoms with Crippen molar-refractivity contribution in [2.24, 2.45) is 0 Å². The summed E-state index contributed by atoms with van der Waals surface area (Å²) in [4.78, 5) is 13.1. The maximum Gasteiger partial charge on any atom is 0.256 e. The summed E-state index contributed by atoms with van der Waals surface area (Å²) in [7, 11) is 0. The van der Waals surface area contributed by atoms with Crippen molar-refractivity contribution < 1.29 is 9.90 Å². The molecule has 108 valence electrons. The molecule has 2 N–H and O–H groups in total. The zero-order chi connectivity index (χ0) is 15.4. The quantitative estimate of drug-likeness (QED) is 0.836. The molecule has 0 aliphatic rings. The lowest BCUT2D eigenvalue weighted by Crippen LogP contribution is -2.13. The second-order valence-corrected chi connectivity index (χ2v) is 5.80. The molecule has 0 atom stereocenters. The SMILES string of the molecule is Cc1cc(C)c(NC(=O)c2csc(C#CCO)c2)c(C)c1. The van der Waals surface area contributed by atoms with Gasteiger partial charge in [0, 0.05) is 11.1 Å².